The Morgan fingerprint density at radius 3 is 2.89 bits per heavy atom. The van der Waals surface area contributed by atoms with Gasteiger partial charge in [-0.1, -0.05) is 0 Å². The number of nitrogens with one attached hydrogen (secondary N) is 1. The van der Waals surface area contributed by atoms with Gasteiger partial charge in [-0.3, -0.25) is 5.48 Å². The lowest BCUT2D eigenvalue weighted by atomic mass is 10.6. The molecule has 0 bridgehead atoms. The first kappa shape index (κ1) is 6.58. The number of hydrogen-bond donors (Lipinski definition) is 1. The number of rotatable bonds is 0. The molecule has 0 saturated carbocycles. The summed E-state index contributed by atoms with van der Waals surface area (Å²) in [5, 5.41) is 0. The van der Waals surface area contributed by atoms with Gasteiger partial charge < -0.3 is 4.52 Å². The lowest BCUT2D eigenvalue weighted by molar-refractivity contribution is 0.138. The summed E-state index contributed by atoms with van der Waals surface area (Å²) < 4.78 is 30.2. The second-order valence-corrected chi connectivity index (χ2v) is 2.78. The zero-order chi connectivity index (χ0) is 6.91. The summed E-state index contributed by atoms with van der Waals surface area (Å²) in [6.07, 6.45) is 1.00. The molecule has 0 radical (unpaired) electrons. The normalized spacial score (nSPS) is 34.2. The van der Waals surface area contributed by atoms with Crippen LogP contribution in [0, 0.1) is 0 Å². The minimum absolute atomic E-state index is 0.471. The monoisotopic (exact) mass is 153 g/mol. The molecular weight excluding hydrogens is 148 g/mol. The lowest BCUT2D eigenvalue weighted by Gasteiger charge is -2.14. The van der Waals surface area contributed by atoms with E-state index in [4.69, 9.17) is 0 Å². The van der Waals surface area contributed by atoms with Crippen molar-refractivity contribution in [2.24, 2.45) is 0 Å². The molecule has 1 aliphatic rings. The average Bonchev–Trinajstić information content (AvgIpc) is 1.78. The van der Waals surface area contributed by atoms with Gasteiger partial charge in [-0.2, -0.15) is 4.62 Å². The van der Waals surface area contributed by atoms with Crippen molar-refractivity contribution in [3.05, 3.63) is 12.0 Å². The van der Waals surface area contributed by atoms with E-state index in [9.17, 15) is 8.76 Å². The molecule has 1 heterocycles. The van der Waals surface area contributed by atoms with Crippen LogP contribution in [-0.4, -0.2) is 0 Å². The Kier molecular flexibility index (Phi) is 1.47. The van der Waals surface area contributed by atoms with Crippen LogP contribution in [0.3, 0.4) is 0 Å². The molecule has 1 rings (SSSR count). The minimum Gasteiger partial charge on any atom is -0.406 e. The Labute approximate surface area is 51.3 Å². The zero-order valence-electron chi connectivity index (χ0n) is 4.63. The van der Waals surface area contributed by atoms with Crippen LogP contribution in [0.5, 0.6) is 0 Å². The molecule has 0 aromatic carbocycles. The third-order valence-corrected chi connectivity index (χ3v) is 1.34. The molecule has 4 nitrogen and oxygen atoms in total. The predicted octanol–water partition coefficient (Wildman–Crippen LogP) is 1.48. The van der Waals surface area contributed by atoms with E-state index in [1.54, 1.807) is 6.92 Å². The number of allylic oxidation sites excluding steroid dienone is 1. The first-order chi connectivity index (χ1) is 4.10. The number of hydrogen-bond acceptors (Lipinski definition) is 4. The van der Waals surface area contributed by atoms with Gasteiger partial charge in [0.15, 0.2) is 0 Å². The molecule has 1 aliphatic heterocycles. The summed E-state index contributed by atoms with van der Waals surface area (Å²) in [6.45, 7) is 1.58. The van der Waals surface area contributed by atoms with E-state index >= 15 is 0 Å². The van der Waals surface area contributed by atoms with Gasteiger partial charge in [0.05, 0.1) is 5.70 Å². The molecule has 0 aliphatic carbocycles. The summed E-state index contributed by atoms with van der Waals surface area (Å²) in [6, 6.07) is 0. The standard InChI is InChI=1S/C3H5FNO3P/c1-3-2-7-9(4,6)8-5-3/h2,5H,1H3. The molecular formula is C3H5FNO3P. The highest BCUT2D eigenvalue weighted by molar-refractivity contribution is 7.48. The summed E-state index contributed by atoms with van der Waals surface area (Å²) in [5.74, 6) is 0. The zero-order valence-corrected chi connectivity index (χ0v) is 5.52. The average molecular weight is 153 g/mol. The van der Waals surface area contributed by atoms with Crippen LogP contribution in [0.2, 0.25) is 0 Å². The van der Waals surface area contributed by atoms with Crippen molar-refractivity contribution in [3.63, 3.8) is 0 Å². The lowest BCUT2D eigenvalue weighted by Crippen LogP contribution is -2.13. The summed E-state index contributed by atoms with van der Waals surface area (Å²) in [7, 11) is -4.31. The summed E-state index contributed by atoms with van der Waals surface area (Å²) in [4.78, 5) is 0. The Morgan fingerprint density at radius 1 is 1.89 bits per heavy atom. The van der Waals surface area contributed by atoms with E-state index in [0.29, 0.717) is 5.70 Å². The van der Waals surface area contributed by atoms with E-state index in [-0.39, 0.29) is 0 Å². The molecule has 6 heteroatoms. The molecule has 9 heavy (non-hydrogen) atoms. The van der Waals surface area contributed by atoms with Crippen molar-refractivity contribution in [1.29, 1.82) is 0 Å². The van der Waals surface area contributed by atoms with Crippen LogP contribution in [0.15, 0.2) is 12.0 Å². The fourth-order valence-corrected chi connectivity index (χ4v) is 0.894. The topological polar surface area (TPSA) is 47.6 Å². The van der Waals surface area contributed by atoms with Gasteiger partial charge in [-0.25, -0.2) is 4.57 Å². The van der Waals surface area contributed by atoms with Crippen LogP contribution < -0.4 is 5.48 Å². The van der Waals surface area contributed by atoms with Crippen molar-refractivity contribution < 1.29 is 17.9 Å². The van der Waals surface area contributed by atoms with E-state index < -0.39 is 7.91 Å². The molecule has 0 fully saturated rings. The molecule has 0 saturated heterocycles. The molecule has 0 spiro atoms. The van der Waals surface area contributed by atoms with Gasteiger partial charge in [0.1, 0.15) is 6.26 Å². The van der Waals surface area contributed by atoms with Crippen LogP contribution in [0.1, 0.15) is 6.92 Å². The molecule has 1 unspecified atom stereocenters. The maximum Gasteiger partial charge on any atom is 0.591 e. The highest BCUT2D eigenvalue weighted by Crippen LogP contribution is 2.50. The maximum absolute atomic E-state index is 12.0. The van der Waals surface area contributed by atoms with Crippen molar-refractivity contribution in [1.82, 2.24) is 5.48 Å². The van der Waals surface area contributed by atoms with Crippen LogP contribution in [0.25, 0.3) is 0 Å². The van der Waals surface area contributed by atoms with E-state index in [0.717, 1.165) is 6.26 Å². The molecule has 0 aromatic heterocycles. The largest absolute Gasteiger partial charge is 0.591 e. The van der Waals surface area contributed by atoms with Crippen molar-refractivity contribution in [3.8, 4) is 0 Å². The predicted molar refractivity (Wildman–Crippen MR) is 27.8 cm³/mol. The number of hydroxylamine groups is 1. The SMILES string of the molecule is CC1=COP(=O)(F)ON1. The summed E-state index contributed by atoms with van der Waals surface area (Å²) in [5.41, 5.74) is 2.54. The van der Waals surface area contributed by atoms with Crippen LogP contribution in [-0.2, 0) is 13.7 Å². The van der Waals surface area contributed by atoms with Gasteiger partial charge in [-0.05, 0) is 6.92 Å². The van der Waals surface area contributed by atoms with Crippen LogP contribution >= 0.6 is 7.91 Å². The van der Waals surface area contributed by atoms with Gasteiger partial charge in [0.25, 0.3) is 0 Å². The second kappa shape index (κ2) is 2.01. The fourth-order valence-electron chi connectivity index (χ4n) is 0.314. The Hall–Kier alpha value is -0.540. The van der Waals surface area contributed by atoms with Gasteiger partial charge >= 0.3 is 7.91 Å². The van der Waals surface area contributed by atoms with E-state index in [1.165, 1.54) is 0 Å². The Balaban J connectivity index is 2.67. The Morgan fingerprint density at radius 2 is 2.56 bits per heavy atom. The van der Waals surface area contributed by atoms with Gasteiger partial charge in [0.2, 0.25) is 0 Å². The van der Waals surface area contributed by atoms with Gasteiger partial charge in [0, 0.05) is 0 Å². The maximum atomic E-state index is 12.0. The fraction of sp³-hybridized carbons (Fsp3) is 0.333. The van der Waals surface area contributed by atoms with E-state index in [2.05, 4.69) is 14.6 Å². The third kappa shape index (κ3) is 1.69. The molecule has 1 atom stereocenters. The first-order valence-corrected chi connectivity index (χ1v) is 3.63. The molecule has 1 N–H and O–H groups in total. The van der Waals surface area contributed by atoms with E-state index in [1.807, 2.05) is 0 Å². The first-order valence-electron chi connectivity index (χ1n) is 2.20. The quantitative estimate of drug-likeness (QED) is 0.535. The van der Waals surface area contributed by atoms with Crippen molar-refractivity contribution in [2.45, 2.75) is 6.92 Å². The second-order valence-electron chi connectivity index (χ2n) is 1.53. The molecule has 0 aromatic rings. The van der Waals surface area contributed by atoms with Crippen molar-refractivity contribution in [2.75, 3.05) is 0 Å². The Bertz CT molecular complexity index is 191. The molecule has 0 amide bonds. The third-order valence-electron chi connectivity index (χ3n) is 0.671. The van der Waals surface area contributed by atoms with Crippen molar-refractivity contribution >= 4 is 7.91 Å². The van der Waals surface area contributed by atoms with Gasteiger partial charge in [-0.15, -0.1) is 4.20 Å². The minimum atomic E-state index is -4.31. The molecule has 52 valence electrons. The summed E-state index contributed by atoms with van der Waals surface area (Å²) >= 11 is 0. The highest BCUT2D eigenvalue weighted by Gasteiger charge is 2.27. The highest BCUT2D eigenvalue weighted by atomic mass is 31.2. The number of halogens is 1. The van der Waals surface area contributed by atoms with Crippen LogP contribution in [0.4, 0.5) is 4.20 Å². The smallest absolute Gasteiger partial charge is 0.406 e.